The van der Waals surface area contributed by atoms with Gasteiger partial charge in [0.15, 0.2) is 0 Å². The van der Waals surface area contributed by atoms with E-state index in [1.165, 1.54) is 0 Å². The van der Waals surface area contributed by atoms with E-state index in [-0.39, 0.29) is 5.75 Å². The van der Waals surface area contributed by atoms with Crippen molar-refractivity contribution in [1.29, 1.82) is 0 Å². The molecule has 3 heterocycles. The molecule has 1 N–H and O–H groups in total. The summed E-state index contributed by atoms with van der Waals surface area (Å²) >= 11 is 2.00. The van der Waals surface area contributed by atoms with Gasteiger partial charge in [-0.1, -0.05) is 24.3 Å². The number of para-hydroxylation sites is 1. The zero-order valence-electron chi connectivity index (χ0n) is 15.5. The molecule has 0 radical (unpaired) electrons. The number of rotatable bonds is 2. The van der Waals surface area contributed by atoms with Gasteiger partial charge in [0.1, 0.15) is 18.3 Å². The maximum absolute atomic E-state index is 9.91. The highest BCUT2D eigenvalue weighted by atomic mass is 32.2. The van der Waals surface area contributed by atoms with E-state index >= 15 is 0 Å². The van der Waals surface area contributed by atoms with Crippen LogP contribution in [0.3, 0.4) is 0 Å². The maximum Gasteiger partial charge on any atom is 0.136 e. The topological polar surface area (TPSA) is 44.0 Å². The van der Waals surface area contributed by atoms with Gasteiger partial charge in [-0.15, -0.1) is 0 Å². The minimum atomic E-state index is 0.269. The summed E-state index contributed by atoms with van der Waals surface area (Å²) in [5, 5.41) is 9.91. The smallest absolute Gasteiger partial charge is 0.136 e. The summed E-state index contributed by atoms with van der Waals surface area (Å²) in [6.07, 6.45) is 4.28. The second-order valence-electron chi connectivity index (χ2n) is 6.97. The molecule has 0 spiro atoms. The number of amidine groups is 1. The molecule has 0 amide bonds. The quantitative estimate of drug-likeness (QED) is 0.716. The lowest BCUT2D eigenvalue weighted by Crippen LogP contribution is -2.41. The van der Waals surface area contributed by atoms with Gasteiger partial charge in [-0.05, 0) is 24.3 Å². The van der Waals surface area contributed by atoms with E-state index in [4.69, 9.17) is 4.99 Å². The molecule has 1 aromatic heterocycles. The number of hydrogen-bond acceptors (Lipinski definition) is 5. The zero-order chi connectivity index (χ0) is 18.9. The lowest BCUT2D eigenvalue weighted by Gasteiger charge is -2.34. The van der Waals surface area contributed by atoms with Gasteiger partial charge >= 0.3 is 0 Å². The van der Waals surface area contributed by atoms with Gasteiger partial charge in [-0.3, -0.25) is 0 Å². The first-order chi connectivity index (χ1) is 13.8. The highest BCUT2D eigenvalue weighted by Gasteiger charge is 2.28. The minimum Gasteiger partial charge on any atom is -0.508 e. The summed E-state index contributed by atoms with van der Waals surface area (Å²) in [4.78, 5) is 9.63. The standard InChI is InChI=1S/C22H22N4OS/c27-19-8-4-7-18(13-19)25-14-20-21(15-25)26(17-5-2-1-3-6-17)16-23-22(20)24-9-11-28-12-10-24/h1-8,13-15,27H,9-12,16H2. The molecule has 5 nitrogen and oxygen atoms in total. The third-order valence-electron chi connectivity index (χ3n) is 5.21. The third kappa shape index (κ3) is 3.14. The van der Waals surface area contributed by atoms with E-state index in [1.54, 1.807) is 12.1 Å². The van der Waals surface area contributed by atoms with Crippen LogP contribution < -0.4 is 4.90 Å². The summed E-state index contributed by atoms with van der Waals surface area (Å²) < 4.78 is 2.08. The van der Waals surface area contributed by atoms with Gasteiger partial charge < -0.3 is 19.5 Å². The van der Waals surface area contributed by atoms with Crippen LogP contribution in [-0.4, -0.2) is 51.7 Å². The van der Waals surface area contributed by atoms with Crippen molar-refractivity contribution in [2.24, 2.45) is 4.99 Å². The molecule has 0 bridgehead atoms. The molecule has 0 aliphatic carbocycles. The van der Waals surface area contributed by atoms with Crippen molar-refractivity contribution in [3.05, 3.63) is 72.6 Å². The van der Waals surface area contributed by atoms with E-state index in [1.807, 2.05) is 30.0 Å². The Kier molecular flexibility index (Phi) is 4.49. The highest BCUT2D eigenvalue weighted by Crippen LogP contribution is 2.35. The summed E-state index contributed by atoms with van der Waals surface area (Å²) in [6, 6.07) is 17.7. The van der Waals surface area contributed by atoms with E-state index in [0.717, 1.165) is 53.1 Å². The Hall–Kier alpha value is -2.86. The van der Waals surface area contributed by atoms with E-state index in [9.17, 15) is 5.11 Å². The average Bonchev–Trinajstić information content (AvgIpc) is 3.20. The second kappa shape index (κ2) is 7.28. The Morgan fingerprint density at radius 3 is 2.46 bits per heavy atom. The molecule has 142 valence electrons. The Morgan fingerprint density at radius 1 is 0.893 bits per heavy atom. The molecule has 3 aromatic rings. The lowest BCUT2D eigenvalue weighted by atomic mass is 10.1. The molecule has 2 aliphatic rings. The Bertz CT molecular complexity index is 1010. The van der Waals surface area contributed by atoms with Crippen molar-refractivity contribution < 1.29 is 5.11 Å². The second-order valence-corrected chi connectivity index (χ2v) is 8.20. The lowest BCUT2D eigenvalue weighted by molar-refractivity contribution is 0.461. The predicted octanol–water partition coefficient (Wildman–Crippen LogP) is 4.09. The first-order valence-corrected chi connectivity index (χ1v) is 10.7. The molecule has 0 unspecified atom stereocenters. The fraction of sp³-hybridized carbons (Fsp3) is 0.227. The van der Waals surface area contributed by atoms with E-state index in [0.29, 0.717) is 6.67 Å². The molecule has 1 saturated heterocycles. The number of aromatic hydroxyl groups is 1. The van der Waals surface area contributed by atoms with Gasteiger partial charge in [0.25, 0.3) is 0 Å². The van der Waals surface area contributed by atoms with Crippen LogP contribution >= 0.6 is 11.8 Å². The van der Waals surface area contributed by atoms with Gasteiger partial charge in [0.2, 0.25) is 0 Å². The van der Waals surface area contributed by atoms with Crippen LogP contribution in [0.5, 0.6) is 5.75 Å². The molecule has 5 rings (SSSR count). The number of aliphatic imine (C=N–C) groups is 1. The van der Waals surface area contributed by atoms with Gasteiger partial charge in [0.05, 0.1) is 11.3 Å². The van der Waals surface area contributed by atoms with Crippen LogP contribution in [0.15, 0.2) is 72.0 Å². The monoisotopic (exact) mass is 390 g/mol. The average molecular weight is 391 g/mol. The van der Waals surface area contributed by atoms with Crippen molar-refractivity contribution in [2.45, 2.75) is 0 Å². The van der Waals surface area contributed by atoms with Crippen molar-refractivity contribution in [1.82, 2.24) is 9.47 Å². The normalized spacial score (nSPS) is 16.6. The number of nitrogens with zero attached hydrogens (tertiary/aromatic N) is 4. The predicted molar refractivity (Wildman–Crippen MR) is 116 cm³/mol. The fourth-order valence-electron chi connectivity index (χ4n) is 3.81. The van der Waals surface area contributed by atoms with Gasteiger partial charge in [-0.25, -0.2) is 4.99 Å². The summed E-state index contributed by atoms with van der Waals surface area (Å²) in [6.45, 7) is 2.68. The van der Waals surface area contributed by atoms with Crippen molar-refractivity contribution in [3.8, 4) is 11.4 Å². The Balaban J connectivity index is 1.60. The summed E-state index contributed by atoms with van der Waals surface area (Å²) in [7, 11) is 0. The Labute approximate surface area is 168 Å². The number of hydrogen-bond donors (Lipinski definition) is 1. The molecule has 28 heavy (non-hydrogen) atoms. The van der Waals surface area contributed by atoms with Crippen molar-refractivity contribution in [3.63, 3.8) is 0 Å². The molecular formula is C22H22N4OS. The van der Waals surface area contributed by atoms with E-state index < -0.39 is 0 Å². The van der Waals surface area contributed by atoms with Crippen molar-refractivity contribution >= 4 is 29.0 Å². The third-order valence-corrected chi connectivity index (χ3v) is 6.15. The van der Waals surface area contributed by atoms with Crippen LogP contribution in [0.4, 0.5) is 11.4 Å². The number of phenolic OH excluding ortho intramolecular Hbond substituents is 1. The number of anilines is 2. The van der Waals surface area contributed by atoms with Crippen LogP contribution in [0.25, 0.3) is 5.69 Å². The number of thioether (sulfide) groups is 1. The van der Waals surface area contributed by atoms with Crippen molar-refractivity contribution in [2.75, 3.05) is 36.2 Å². The van der Waals surface area contributed by atoms with Crippen LogP contribution in [0.2, 0.25) is 0 Å². The molecule has 0 saturated carbocycles. The van der Waals surface area contributed by atoms with Crippen LogP contribution in [0.1, 0.15) is 5.56 Å². The molecular weight excluding hydrogens is 368 g/mol. The highest BCUT2D eigenvalue weighted by molar-refractivity contribution is 7.99. The van der Waals surface area contributed by atoms with Gasteiger partial charge in [-0.2, -0.15) is 11.8 Å². The van der Waals surface area contributed by atoms with Gasteiger partial charge in [0, 0.05) is 54.4 Å². The number of aromatic nitrogens is 1. The number of benzene rings is 2. The molecule has 0 atom stereocenters. The molecule has 2 aliphatic heterocycles. The number of fused-ring (bicyclic) bond motifs is 1. The molecule has 2 aromatic carbocycles. The minimum absolute atomic E-state index is 0.269. The zero-order valence-corrected chi connectivity index (χ0v) is 16.3. The molecule has 6 heteroatoms. The first-order valence-electron chi connectivity index (χ1n) is 9.51. The summed E-state index contributed by atoms with van der Waals surface area (Å²) in [5.74, 6) is 3.64. The SMILES string of the molecule is Oc1cccc(-n2cc3c(c2)N(c2ccccc2)CN=C3N2CCSCC2)c1. The first kappa shape index (κ1) is 17.3. The fourth-order valence-corrected chi connectivity index (χ4v) is 4.71. The number of phenols is 1. The Morgan fingerprint density at radius 2 is 1.68 bits per heavy atom. The van der Waals surface area contributed by atoms with Crippen LogP contribution in [0, 0.1) is 0 Å². The van der Waals surface area contributed by atoms with Crippen LogP contribution in [-0.2, 0) is 0 Å². The summed E-state index contributed by atoms with van der Waals surface area (Å²) in [5.41, 5.74) is 4.37. The largest absolute Gasteiger partial charge is 0.508 e. The molecule has 1 fully saturated rings. The maximum atomic E-state index is 9.91. The van der Waals surface area contributed by atoms with E-state index in [2.05, 4.69) is 51.0 Å².